The SMILES string of the molecule is CC(C)N1CCc2c(sc(NC(=O)CSc3ccc(F)cc3)c2-c2nc3ccccc3s2)C1. The molecule has 2 aromatic heterocycles. The number of benzene rings is 2. The summed E-state index contributed by atoms with van der Waals surface area (Å²) in [6.07, 6.45) is 0.954. The number of thiophene rings is 1. The molecule has 1 aliphatic heterocycles. The van der Waals surface area contributed by atoms with E-state index in [2.05, 4.69) is 30.1 Å². The molecule has 4 aromatic rings. The molecule has 33 heavy (non-hydrogen) atoms. The number of carbonyl (C=O) groups is 1. The highest BCUT2D eigenvalue weighted by Gasteiger charge is 2.28. The lowest BCUT2D eigenvalue weighted by Gasteiger charge is -2.30. The van der Waals surface area contributed by atoms with Crippen LogP contribution in [-0.2, 0) is 17.8 Å². The van der Waals surface area contributed by atoms with Crippen LogP contribution in [-0.4, -0.2) is 34.1 Å². The van der Waals surface area contributed by atoms with Gasteiger partial charge >= 0.3 is 0 Å². The third-order valence-electron chi connectivity index (χ3n) is 5.76. The largest absolute Gasteiger partial charge is 0.316 e. The fourth-order valence-corrected chi connectivity index (χ4v) is 7.10. The summed E-state index contributed by atoms with van der Waals surface area (Å²) in [5.74, 6) is -0.0686. The van der Waals surface area contributed by atoms with Crippen LogP contribution in [0.1, 0.15) is 24.3 Å². The molecule has 0 spiro atoms. The van der Waals surface area contributed by atoms with Crippen LogP contribution in [0.3, 0.4) is 0 Å². The molecule has 0 fully saturated rings. The van der Waals surface area contributed by atoms with Crippen LogP contribution >= 0.6 is 34.4 Å². The summed E-state index contributed by atoms with van der Waals surface area (Å²) in [6.45, 7) is 6.35. The molecule has 8 heteroatoms. The Bertz CT molecular complexity index is 1260. The van der Waals surface area contributed by atoms with Gasteiger partial charge in [0.05, 0.1) is 16.0 Å². The minimum absolute atomic E-state index is 0.0639. The van der Waals surface area contributed by atoms with Crippen molar-refractivity contribution >= 4 is 55.6 Å². The Hall–Kier alpha value is -2.26. The minimum Gasteiger partial charge on any atom is -0.316 e. The number of para-hydroxylation sites is 1. The predicted molar refractivity (Wildman–Crippen MR) is 138 cm³/mol. The first-order valence-electron chi connectivity index (χ1n) is 10.9. The normalized spacial score (nSPS) is 14.1. The number of amides is 1. The molecule has 0 saturated carbocycles. The molecule has 0 radical (unpaired) electrons. The van der Waals surface area contributed by atoms with E-state index in [-0.39, 0.29) is 17.5 Å². The van der Waals surface area contributed by atoms with Gasteiger partial charge in [-0.15, -0.1) is 34.4 Å². The second kappa shape index (κ2) is 9.54. The van der Waals surface area contributed by atoms with Crippen molar-refractivity contribution in [3.05, 3.63) is 64.8 Å². The quantitative estimate of drug-likeness (QED) is 0.303. The lowest BCUT2D eigenvalue weighted by molar-refractivity contribution is -0.113. The van der Waals surface area contributed by atoms with Crippen molar-refractivity contribution in [2.45, 2.75) is 37.8 Å². The average molecular weight is 498 g/mol. The number of carbonyl (C=O) groups excluding carboxylic acids is 1. The molecule has 0 atom stereocenters. The third-order valence-corrected chi connectivity index (χ3v) is 8.96. The molecule has 2 aromatic carbocycles. The van der Waals surface area contributed by atoms with Crippen LogP contribution in [0.25, 0.3) is 20.8 Å². The zero-order chi connectivity index (χ0) is 22.9. The van der Waals surface area contributed by atoms with E-state index in [0.29, 0.717) is 6.04 Å². The Morgan fingerprint density at radius 2 is 1.97 bits per heavy atom. The highest BCUT2D eigenvalue weighted by Crippen LogP contribution is 2.46. The van der Waals surface area contributed by atoms with Crippen LogP contribution in [0.5, 0.6) is 0 Å². The Morgan fingerprint density at radius 1 is 1.18 bits per heavy atom. The van der Waals surface area contributed by atoms with Gasteiger partial charge in [-0.25, -0.2) is 9.37 Å². The number of thioether (sulfide) groups is 1. The van der Waals surface area contributed by atoms with Crippen LogP contribution in [0.2, 0.25) is 0 Å². The Morgan fingerprint density at radius 3 is 2.73 bits per heavy atom. The van der Waals surface area contributed by atoms with Crippen molar-refractivity contribution in [1.29, 1.82) is 0 Å². The molecule has 4 nitrogen and oxygen atoms in total. The van der Waals surface area contributed by atoms with E-state index >= 15 is 0 Å². The lowest BCUT2D eigenvalue weighted by atomic mass is 10.0. The van der Waals surface area contributed by atoms with Gasteiger partial charge in [-0.2, -0.15) is 0 Å². The first-order valence-corrected chi connectivity index (χ1v) is 13.5. The number of halogens is 1. The number of nitrogens with zero attached hydrogens (tertiary/aromatic N) is 2. The van der Waals surface area contributed by atoms with Crippen LogP contribution < -0.4 is 5.32 Å². The van der Waals surface area contributed by atoms with Gasteiger partial charge in [-0.05, 0) is 62.2 Å². The number of anilines is 1. The highest BCUT2D eigenvalue weighted by molar-refractivity contribution is 8.00. The Balaban J connectivity index is 1.44. The first kappa shape index (κ1) is 22.5. The molecule has 170 valence electrons. The number of aromatic nitrogens is 1. The molecular weight excluding hydrogens is 473 g/mol. The maximum absolute atomic E-state index is 13.1. The van der Waals surface area contributed by atoms with Gasteiger partial charge in [0.2, 0.25) is 5.91 Å². The van der Waals surface area contributed by atoms with E-state index in [4.69, 9.17) is 4.98 Å². The van der Waals surface area contributed by atoms with Gasteiger partial charge in [0, 0.05) is 34.5 Å². The summed E-state index contributed by atoms with van der Waals surface area (Å²) >= 11 is 4.76. The van der Waals surface area contributed by atoms with Crippen molar-refractivity contribution < 1.29 is 9.18 Å². The van der Waals surface area contributed by atoms with Crippen molar-refractivity contribution in [3.63, 3.8) is 0 Å². The summed E-state index contributed by atoms with van der Waals surface area (Å²) in [5.41, 5.74) is 3.39. The molecule has 3 heterocycles. The number of hydrogen-bond acceptors (Lipinski definition) is 6. The summed E-state index contributed by atoms with van der Waals surface area (Å²) < 4.78 is 14.3. The van der Waals surface area contributed by atoms with E-state index in [1.807, 2.05) is 18.2 Å². The molecule has 1 N–H and O–H groups in total. The van der Waals surface area contributed by atoms with Gasteiger partial charge in [-0.1, -0.05) is 12.1 Å². The maximum Gasteiger partial charge on any atom is 0.235 e. The van der Waals surface area contributed by atoms with Crippen LogP contribution in [0.15, 0.2) is 53.4 Å². The maximum atomic E-state index is 13.1. The molecule has 0 bridgehead atoms. The predicted octanol–water partition coefficient (Wildman–Crippen LogP) is 6.66. The monoisotopic (exact) mass is 497 g/mol. The molecule has 0 unspecified atom stereocenters. The molecular formula is C25H24FN3OS3. The molecule has 5 rings (SSSR count). The topological polar surface area (TPSA) is 45.2 Å². The van der Waals surface area contributed by atoms with Gasteiger partial charge in [0.1, 0.15) is 15.8 Å². The standard InChI is InChI=1S/C25H24FN3OS3/c1-15(2)29-12-11-18-21(13-29)33-25(23(18)24-27-19-5-3-4-6-20(19)32-24)28-22(30)14-31-17-9-7-16(26)8-10-17/h3-10,15H,11-14H2,1-2H3,(H,28,30). The van der Waals surface area contributed by atoms with E-state index in [1.165, 1.54) is 34.3 Å². The van der Waals surface area contributed by atoms with Gasteiger partial charge in [0.25, 0.3) is 0 Å². The molecule has 0 saturated heterocycles. The minimum atomic E-state index is -0.274. The average Bonchev–Trinajstić information content (AvgIpc) is 3.38. The van der Waals surface area contributed by atoms with E-state index < -0.39 is 0 Å². The fourth-order valence-electron chi connectivity index (χ4n) is 4.00. The summed E-state index contributed by atoms with van der Waals surface area (Å²) in [7, 11) is 0. The van der Waals surface area contributed by atoms with Gasteiger partial charge in [-0.3, -0.25) is 9.69 Å². The van der Waals surface area contributed by atoms with Gasteiger partial charge in [0.15, 0.2) is 0 Å². The Labute approximate surface area is 204 Å². The zero-order valence-electron chi connectivity index (χ0n) is 18.4. The Kier molecular flexibility index (Phi) is 6.51. The number of thiazole rings is 1. The van der Waals surface area contributed by atoms with Crippen molar-refractivity contribution in [3.8, 4) is 10.6 Å². The smallest absolute Gasteiger partial charge is 0.235 e. The summed E-state index contributed by atoms with van der Waals surface area (Å²) in [4.78, 5) is 22.4. The lowest BCUT2D eigenvalue weighted by Crippen LogP contribution is -2.35. The highest BCUT2D eigenvalue weighted by atomic mass is 32.2. The fraction of sp³-hybridized carbons (Fsp3) is 0.280. The van der Waals surface area contributed by atoms with Crippen molar-refractivity contribution in [2.24, 2.45) is 0 Å². The van der Waals surface area contributed by atoms with E-state index in [0.717, 1.165) is 50.2 Å². The molecule has 1 amide bonds. The molecule has 1 aliphatic rings. The second-order valence-corrected chi connectivity index (χ2v) is 11.5. The van der Waals surface area contributed by atoms with E-state index in [1.54, 1.807) is 34.8 Å². The van der Waals surface area contributed by atoms with Crippen LogP contribution in [0, 0.1) is 5.82 Å². The zero-order valence-corrected chi connectivity index (χ0v) is 20.9. The summed E-state index contributed by atoms with van der Waals surface area (Å²) in [5, 5.41) is 5.02. The van der Waals surface area contributed by atoms with Crippen LogP contribution in [0.4, 0.5) is 9.39 Å². The van der Waals surface area contributed by atoms with Crippen molar-refractivity contribution in [1.82, 2.24) is 9.88 Å². The number of rotatable bonds is 6. The molecule has 0 aliphatic carbocycles. The second-order valence-electron chi connectivity index (χ2n) is 8.30. The summed E-state index contributed by atoms with van der Waals surface area (Å²) in [6, 6.07) is 14.9. The number of nitrogens with one attached hydrogen (secondary N) is 1. The van der Waals surface area contributed by atoms with Gasteiger partial charge < -0.3 is 5.32 Å². The van der Waals surface area contributed by atoms with E-state index in [9.17, 15) is 9.18 Å². The number of fused-ring (bicyclic) bond motifs is 2. The number of hydrogen-bond donors (Lipinski definition) is 1. The first-order chi connectivity index (χ1) is 16.0. The third kappa shape index (κ3) is 4.84. The van der Waals surface area contributed by atoms with Crippen molar-refractivity contribution in [2.75, 3.05) is 17.6 Å².